The Morgan fingerprint density at radius 2 is 2.03 bits per heavy atom. The van der Waals surface area contributed by atoms with E-state index in [-0.39, 0.29) is 46.4 Å². The first-order valence-corrected chi connectivity index (χ1v) is 13.0. The summed E-state index contributed by atoms with van der Waals surface area (Å²) in [5, 5.41) is 10.6. The Balaban J connectivity index is 1.34. The Labute approximate surface area is 190 Å². The van der Waals surface area contributed by atoms with E-state index in [9.17, 15) is 4.79 Å². The van der Waals surface area contributed by atoms with Crippen LogP contribution in [0.2, 0.25) is 0 Å². The van der Waals surface area contributed by atoms with Crippen molar-refractivity contribution < 1.29 is 14.3 Å². The van der Waals surface area contributed by atoms with Crippen LogP contribution in [-0.4, -0.2) is 84.9 Å². The molecule has 176 valence electrons. The number of piperidine rings is 2. The SMILES string of the molecule is CC1(C)CC2C(CO1)C(N1CCOCC1)NC1SC(C(=O)NC3CCCCN3)C(N)C12. The van der Waals surface area contributed by atoms with Crippen molar-refractivity contribution in [2.24, 2.45) is 23.5 Å². The molecule has 0 aliphatic carbocycles. The largest absolute Gasteiger partial charge is 0.379 e. The van der Waals surface area contributed by atoms with E-state index in [1.165, 1.54) is 6.42 Å². The standard InChI is InChI=1S/C22H39N5O3S/c1-22(2)11-13-14(12-30-22)19(27-7-9-29-10-8-27)26-21-16(13)17(23)18(31-21)20(28)25-15-5-3-4-6-24-15/h13-19,21,24,26H,3-12,23H2,1-2H3,(H,25,28). The molecule has 0 aromatic rings. The first kappa shape index (κ1) is 22.4. The van der Waals surface area contributed by atoms with Gasteiger partial charge in [-0.1, -0.05) is 0 Å². The van der Waals surface area contributed by atoms with Crippen LogP contribution in [0.25, 0.3) is 0 Å². The zero-order valence-electron chi connectivity index (χ0n) is 18.8. The zero-order valence-corrected chi connectivity index (χ0v) is 19.7. The molecule has 0 saturated carbocycles. The molecular formula is C22H39N5O3S. The molecule has 8 nitrogen and oxygen atoms in total. The van der Waals surface area contributed by atoms with Crippen LogP contribution in [0.15, 0.2) is 0 Å². The first-order valence-electron chi connectivity index (χ1n) is 12.1. The zero-order chi connectivity index (χ0) is 21.6. The molecule has 5 N–H and O–H groups in total. The van der Waals surface area contributed by atoms with E-state index in [4.69, 9.17) is 15.2 Å². The van der Waals surface area contributed by atoms with Crippen LogP contribution in [0.1, 0.15) is 39.5 Å². The fourth-order valence-electron chi connectivity index (χ4n) is 6.36. The molecule has 5 aliphatic rings. The molecule has 0 aromatic carbocycles. The van der Waals surface area contributed by atoms with Crippen LogP contribution in [0.5, 0.6) is 0 Å². The predicted octanol–water partition coefficient (Wildman–Crippen LogP) is 0.280. The number of ether oxygens (including phenoxy) is 2. The summed E-state index contributed by atoms with van der Waals surface area (Å²) in [6.07, 6.45) is 4.68. The Morgan fingerprint density at radius 3 is 2.77 bits per heavy atom. The summed E-state index contributed by atoms with van der Waals surface area (Å²) in [7, 11) is 0. The van der Waals surface area contributed by atoms with Crippen molar-refractivity contribution in [3.63, 3.8) is 0 Å². The normalized spacial score (nSPS) is 45.5. The number of nitrogens with two attached hydrogens (primary N) is 1. The van der Waals surface area contributed by atoms with Crippen molar-refractivity contribution in [3.05, 3.63) is 0 Å². The van der Waals surface area contributed by atoms with Gasteiger partial charge in [0.25, 0.3) is 0 Å². The molecule has 0 radical (unpaired) electrons. The van der Waals surface area contributed by atoms with Crippen LogP contribution in [0.3, 0.4) is 0 Å². The number of thioether (sulfide) groups is 1. The smallest absolute Gasteiger partial charge is 0.235 e. The molecule has 0 bridgehead atoms. The molecule has 31 heavy (non-hydrogen) atoms. The monoisotopic (exact) mass is 453 g/mol. The summed E-state index contributed by atoms with van der Waals surface area (Å²) < 4.78 is 11.9. The quantitative estimate of drug-likeness (QED) is 0.484. The second-order valence-corrected chi connectivity index (χ2v) is 11.8. The van der Waals surface area contributed by atoms with Crippen molar-refractivity contribution in [1.82, 2.24) is 20.9 Å². The van der Waals surface area contributed by atoms with Gasteiger partial charge in [-0.15, -0.1) is 11.8 Å². The summed E-state index contributed by atoms with van der Waals surface area (Å²) in [4.78, 5) is 15.7. The van der Waals surface area contributed by atoms with Gasteiger partial charge in [-0.3, -0.25) is 20.3 Å². The highest BCUT2D eigenvalue weighted by Crippen LogP contribution is 2.51. The minimum absolute atomic E-state index is 0.0838. The van der Waals surface area contributed by atoms with E-state index >= 15 is 0 Å². The molecule has 0 spiro atoms. The van der Waals surface area contributed by atoms with Crippen molar-refractivity contribution >= 4 is 17.7 Å². The number of carbonyl (C=O) groups excluding carboxylic acids is 1. The minimum Gasteiger partial charge on any atom is -0.379 e. The van der Waals surface area contributed by atoms with Crippen LogP contribution in [-0.2, 0) is 14.3 Å². The summed E-state index contributed by atoms with van der Waals surface area (Å²) in [5.41, 5.74) is 6.70. The van der Waals surface area contributed by atoms with Gasteiger partial charge in [-0.05, 0) is 52.0 Å². The number of carbonyl (C=O) groups is 1. The summed E-state index contributed by atoms with van der Waals surface area (Å²) in [6.45, 7) is 9.54. The lowest BCUT2D eigenvalue weighted by molar-refractivity contribution is -0.158. The van der Waals surface area contributed by atoms with Crippen LogP contribution in [0, 0.1) is 17.8 Å². The molecule has 5 aliphatic heterocycles. The fraction of sp³-hybridized carbons (Fsp3) is 0.955. The number of hydrogen-bond acceptors (Lipinski definition) is 8. The fourth-order valence-corrected chi connectivity index (χ4v) is 8.02. The second kappa shape index (κ2) is 9.08. The third-order valence-corrected chi connectivity index (χ3v) is 9.50. The lowest BCUT2D eigenvalue weighted by atomic mass is 9.67. The lowest BCUT2D eigenvalue weighted by Gasteiger charge is -2.55. The van der Waals surface area contributed by atoms with E-state index in [2.05, 4.69) is 34.7 Å². The Bertz CT molecular complexity index is 655. The molecule has 5 rings (SSSR count). The van der Waals surface area contributed by atoms with Gasteiger partial charge in [0.15, 0.2) is 0 Å². The molecule has 9 heteroatoms. The molecule has 8 unspecified atom stereocenters. The van der Waals surface area contributed by atoms with Gasteiger partial charge >= 0.3 is 0 Å². The lowest BCUT2D eigenvalue weighted by Crippen LogP contribution is -2.67. The van der Waals surface area contributed by atoms with Gasteiger partial charge < -0.3 is 20.5 Å². The van der Waals surface area contributed by atoms with Gasteiger partial charge in [0, 0.05) is 31.0 Å². The maximum absolute atomic E-state index is 13.2. The molecule has 1 amide bonds. The third-order valence-electron chi connectivity index (χ3n) is 7.94. The molecule has 5 fully saturated rings. The van der Waals surface area contributed by atoms with Crippen LogP contribution >= 0.6 is 11.8 Å². The highest BCUT2D eigenvalue weighted by molar-refractivity contribution is 8.01. The van der Waals surface area contributed by atoms with Gasteiger partial charge in [0.2, 0.25) is 5.91 Å². The minimum atomic E-state index is -0.207. The van der Waals surface area contributed by atoms with E-state index in [0.29, 0.717) is 11.8 Å². The molecule has 0 aromatic heterocycles. The molecular weight excluding hydrogens is 414 g/mol. The Kier molecular flexibility index (Phi) is 6.56. The van der Waals surface area contributed by atoms with Crippen molar-refractivity contribution in [3.8, 4) is 0 Å². The maximum Gasteiger partial charge on any atom is 0.235 e. The van der Waals surface area contributed by atoms with E-state index in [1.54, 1.807) is 11.8 Å². The van der Waals surface area contributed by atoms with Crippen molar-refractivity contribution in [2.45, 2.75) is 74.1 Å². The number of fused-ring (bicyclic) bond motifs is 3. The number of nitrogens with one attached hydrogen (secondary N) is 3. The number of amides is 1. The van der Waals surface area contributed by atoms with Gasteiger partial charge in [0.1, 0.15) is 5.25 Å². The van der Waals surface area contributed by atoms with Crippen LogP contribution < -0.4 is 21.7 Å². The summed E-state index contributed by atoms with van der Waals surface area (Å²) in [5.74, 6) is 1.22. The van der Waals surface area contributed by atoms with E-state index in [0.717, 1.165) is 58.7 Å². The van der Waals surface area contributed by atoms with Crippen molar-refractivity contribution in [2.75, 3.05) is 39.5 Å². The van der Waals surface area contributed by atoms with E-state index in [1.807, 2.05) is 0 Å². The maximum atomic E-state index is 13.2. The van der Waals surface area contributed by atoms with Gasteiger partial charge in [0.05, 0.1) is 43.1 Å². The highest BCUT2D eigenvalue weighted by atomic mass is 32.2. The Morgan fingerprint density at radius 1 is 1.23 bits per heavy atom. The predicted molar refractivity (Wildman–Crippen MR) is 121 cm³/mol. The molecule has 5 heterocycles. The summed E-state index contributed by atoms with van der Waals surface area (Å²) in [6, 6.07) is -0.141. The van der Waals surface area contributed by atoms with Crippen molar-refractivity contribution in [1.29, 1.82) is 0 Å². The van der Waals surface area contributed by atoms with Crippen LogP contribution in [0.4, 0.5) is 0 Å². The third kappa shape index (κ3) is 4.52. The molecule has 5 saturated heterocycles. The van der Waals surface area contributed by atoms with E-state index < -0.39 is 0 Å². The number of hydrogen-bond donors (Lipinski definition) is 4. The number of rotatable bonds is 3. The average Bonchev–Trinajstić information content (AvgIpc) is 3.10. The summed E-state index contributed by atoms with van der Waals surface area (Å²) >= 11 is 1.75. The first-order chi connectivity index (χ1) is 14.9. The number of morpholine rings is 1. The topological polar surface area (TPSA) is 101 Å². The van der Waals surface area contributed by atoms with Gasteiger partial charge in [-0.2, -0.15) is 0 Å². The van der Waals surface area contributed by atoms with Gasteiger partial charge in [-0.25, -0.2) is 0 Å². The molecule has 8 atom stereocenters. The average molecular weight is 454 g/mol. The highest BCUT2D eigenvalue weighted by Gasteiger charge is 2.58. The second-order valence-electron chi connectivity index (χ2n) is 10.5. The number of nitrogens with zero attached hydrogens (tertiary/aromatic N) is 1. The Hall–Kier alpha value is -0.420.